The number of hydrogen-bond donors (Lipinski definition) is 1. The van der Waals surface area contributed by atoms with Crippen LogP contribution in [0.3, 0.4) is 0 Å². The summed E-state index contributed by atoms with van der Waals surface area (Å²) in [5.74, 6) is 1.06. The van der Waals surface area contributed by atoms with Gasteiger partial charge in [-0.25, -0.2) is 0 Å². The third-order valence-electron chi connectivity index (χ3n) is 2.20. The number of nitrogens with zero attached hydrogens (tertiary/aromatic N) is 1. The van der Waals surface area contributed by atoms with Crippen molar-refractivity contribution < 1.29 is 9.47 Å². The van der Waals surface area contributed by atoms with Crippen LogP contribution in [0.1, 0.15) is 0 Å². The summed E-state index contributed by atoms with van der Waals surface area (Å²) in [5.41, 5.74) is 6.39. The monoisotopic (exact) mass is 204 g/mol. The molecule has 0 aliphatic rings. The van der Waals surface area contributed by atoms with Gasteiger partial charge in [-0.1, -0.05) is 6.07 Å². The van der Waals surface area contributed by atoms with E-state index >= 15 is 0 Å². The topological polar surface area (TPSA) is 57.4 Å². The highest BCUT2D eigenvalue weighted by atomic mass is 16.5. The Morgan fingerprint density at radius 3 is 2.60 bits per heavy atom. The molecule has 0 amide bonds. The smallest absolute Gasteiger partial charge is 0.224 e. The predicted octanol–water partition coefficient (Wildman–Crippen LogP) is 1.83. The Morgan fingerprint density at radius 2 is 1.93 bits per heavy atom. The summed E-state index contributed by atoms with van der Waals surface area (Å²) in [4.78, 5) is 4.18. The van der Waals surface area contributed by atoms with E-state index < -0.39 is 0 Å². The van der Waals surface area contributed by atoms with Gasteiger partial charge in [0.05, 0.1) is 14.2 Å². The Labute approximate surface area is 87.6 Å². The zero-order chi connectivity index (χ0) is 10.8. The summed E-state index contributed by atoms with van der Waals surface area (Å²) in [6, 6.07) is 7.43. The number of ether oxygens (including phenoxy) is 2. The van der Waals surface area contributed by atoms with E-state index in [4.69, 9.17) is 15.2 Å². The fourth-order valence-corrected chi connectivity index (χ4v) is 1.47. The maximum absolute atomic E-state index is 5.70. The minimum atomic E-state index is 0.525. The second-order valence-corrected chi connectivity index (χ2v) is 3.15. The molecule has 0 aliphatic carbocycles. The van der Waals surface area contributed by atoms with Gasteiger partial charge in [0.25, 0.3) is 0 Å². The molecule has 0 bridgehead atoms. The zero-order valence-corrected chi connectivity index (χ0v) is 8.65. The van der Waals surface area contributed by atoms with E-state index in [1.165, 1.54) is 0 Å². The van der Waals surface area contributed by atoms with Gasteiger partial charge in [0.15, 0.2) is 0 Å². The average molecular weight is 204 g/mol. The lowest BCUT2D eigenvalue weighted by atomic mass is 10.1. The van der Waals surface area contributed by atoms with E-state index in [1.807, 2.05) is 24.3 Å². The first kappa shape index (κ1) is 9.58. The molecule has 4 heteroatoms. The van der Waals surface area contributed by atoms with Crippen LogP contribution in [0.5, 0.6) is 11.8 Å². The maximum Gasteiger partial charge on any atom is 0.224 e. The van der Waals surface area contributed by atoms with Crippen LogP contribution >= 0.6 is 0 Å². The number of nitrogens with two attached hydrogens (primary N) is 1. The summed E-state index contributed by atoms with van der Waals surface area (Å²) in [5, 5.41) is 1.88. The summed E-state index contributed by atoms with van der Waals surface area (Å²) in [7, 11) is 3.15. The quantitative estimate of drug-likeness (QED) is 0.758. The second kappa shape index (κ2) is 3.65. The normalized spacial score (nSPS) is 10.3. The fourth-order valence-electron chi connectivity index (χ4n) is 1.47. The van der Waals surface area contributed by atoms with Gasteiger partial charge in [0.2, 0.25) is 11.8 Å². The first-order valence-electron chi connectivity index (χ1n) is 4.53. The number of hydrogen-bond acceptors (Lipinski definition) is 4. The number of anilines is 1. The number of pyridine rings is 1. The van der Waals surface area contributed by atoms with Crippen molar-refractivity contribution in [2.75, 3.05) is 20.0 Å². The number of fused-ring (bicyclic) bond motifs is 1. The van der Waals surface area contributed by atoms with Crippen LogP contribution in [0.15, 0.2) is 24.3 Å². The molecule has 0 fully saturated rings. The van der Waals surface area contributed by atoms with E-state index in [2.05, 4.69) is 4.98 Å². The SMILES string of the molecule is COc1cc2ccc(N)cc2c(OC)n1. The Morgan fingerprint density at radius 1 is 1.13 bits per heavy atom. The molecule has 0 atom stereocenters. The molecule has 4 nitrogen and oxygen atoms in total. The van der Waals surface area contributed by atoms with Gasteiger partial charge in [-0.05, 0) is 17.5 Å². The molecular weight excluding hydrogens is 192 g/mol. The van der Waals surface area contributed by atoms with Crippen molar-refractivity contribution in [2.24, 2.45) is 0 Å². The molecule has 15 heavy (non-hydrogen) atoms. The standard InChI is InChI=1S/C11H12N2O2/c1-14-10-5-7-3-4-8(12)6-9(7)11(13-10)15-2/h3-6H,12H2,1-2H3. The number of methoxy groups -OCH3 is 2. The van der Waals surface area contributed by atoms with Crippen LogP contribution in [0.2, 0.25) is 0 Å². The first-order valence-corrected chi connectivity index (χ1v) is 4.53. The largest absolute Gasteiger partial charge is 0.481 e. The number of benzene rings is 1. The molecule has 0 saturated carbocycles. The summed E-state index contributed by atoms with van der Waals surface area (Å²) in [6.45, 7) is 0. The lowest BCUT2D eigenvalue weighted by molar-refractivity contribution is 0.369. The molecule has 0 radical (unpaired) electrons. The second-order valence-electron chi connectivity index (χ2n) is 3.15. The van der Waals surface area contributed by atoms with Crippen LogP contribution in [-0.2, 0) is 0 Å². The molecule has 1 aromatic carbocycles. The molecule has 0 spiro atoms. The van der Waals surface area contributed by atoms with E-state index in [-0.39, 0.29) is 0 Å². The van der Waals surface area contributed by atoms with Crippen molar-refractivity contribution in [3.05, 3.63) is 24.3 Å². The van der Waals surface area contributed by atoms with Crippen LogP contribution in [0.25, 0.3) is 10.8 Å². The Bertz CT molecular complexity index is 497. The maximum atomic E-state index is 5.70. The minimum absolute atomic E-state index is 0.525. The summed E-state index contributed by atoms with van der Waals surface area (Å²) < 4.78 is 10.3. The molecule has 0 aliphatic heterocycles. The van der Waals surface area contributed by atoms with Crippen molar-refractivity contribution in [3.63, 3.8) is 0 Å². The zero-order valence-electron chi connectivity index (χ0n) is 8.65. The number of aromatic nitrogens is 1. The van der Waals surface area contributed by atoms with Crippen LogP contribution in [0, 0.1) is 0 Å². The van der Waals surface area contributed by atoms with Crippen molar-refractivity contribution in [3.8, 4) is 11.8 Å². The number of rotatable bonds is 2. The third-order valence-corrected chi connectivity index (χ3v) is 2.20. The molecule has 78 valence electrons. The van der Waals surface area contributed by atoms with Gasteiger partial charge < -0.3 is 15.2 Å². The lowest BCUT2D eigenvalue weighted by Gasteiger charge is -2.07. The molecule has 2 N–H and O–H groups in total. The van der Waals surface area contributed by atoms with Gasteiger partial charge >= 0.3 is 0 Å². The highest BCUT2D eigenvalue weighted by Crippen LogP contribution is 2.28. The van der Waals surface area contributed by atoms with Crippen LogP contribution in [-0.4, -0.2) is 19.2 Å². The molecule has 0 saturated heterocycles. The van der Waals surface area contributed by atoms with Gasteiger partial charge in [0, 0.05) is 17.1 Å². The molecule has 1 aromatic heterocycles. The van der Waals surface area contributed by atoms with Crippen LogP contribution in [0.4, 0.5) is 5.69 Å². The van der Waals surface area contributed by atoms with Crippen molar-refractivity contribution in [1.29, 1.82) is 0 Å². The van der Waals surface area contributed by atoms with Gasteiger partial charge in [-0.15, -0.1) is 0 Å². The molecular formula is C11H12N2O2. The summed E-state index contributed by atoms with van der Waals surface area (Å²) >= 11 is 0. The van der Waals surface area contributed by atoms with E-state index in [9.17, 15) is 0 Å². The van der Waals surface area contributed by atoms with Gasteiger partial charge in [-0.3, -0.25) is 0 Å². The van der Waals surface area contributed by atoms with Crippen molar-refractivity contribution in [1.82, 2.24) is 4.98 Å². The highest BCUT2D eigenvalue weighted by molar-refractivity contribution is 5.90. The lowest BCUT2D eigenvalue weighted by Crippen LogP contribution is -1.94. The Kier molecular flexibility index (Phi) is 2.33. The minimum Gasteiger partial charge on any atom is -0.481 e. The van der Waals surface area contributed by atoms with Gasteiger partial charge in [-0.2, -0.15) is 4.98 Å². The molecule has 1 heterocycles. The van der Waals surface area contributed by atoms with E-state index in [1.54, 1.807) is 14.2 Å². The highest BCUT2D eigenvalue weighted by Gasteiger charge is 2.06. The third kappa shape index (κ3) is 1.66. The molecule has 0 unspecified atom stereocenters. The average Bonchev–Trinajstić information content (AvgIpc) is 2.27. The number of nitrogen functional groups attached to an aromatic ring is 1. The first-order chi connectivity index (χ1) is 7.24. The predicted molar refractivity (Wildman–Crippen MR) is 59.3 cm³/mol. The molecule has 2 aromatic rings. The summed E-state index contributed by atoms with van der Waals surface area (Å²) in [6.07, 6.45) is 0. The van der Waals surface area contributed by atoms with Crippen molar-refractivity contribution >= 4 is 16.5 Å². The van der Waals surface area contributed by atoms with E-state index in [0.717, 1.165) is 10.8 Å². The Balaban J connectivity index is 2.75. The van der Waals surface area contributed by atoms with Gasteiger partial charge in [0.1, 0.15) is 0 Å². The van der Waals surface area contributed by atoms with Crippen molar-refractivity contribution in [2.45, 2.75) is 0 Å². The Hall–Kier alpha value is -1.97. The fraction of sp³-hybridized carbons (Fsp3) is 0.182. The van der Waals surface area contributed by atoms with E-state index in [0.29, 0.717) is 17.4 Å². The van der Waals surface area contributed by atoms with Crippen LogP contribution < -0.4 is 15.2 Å². The molecule has 2 rings (SSSR count).